The Labute approximate surface area is 74.3 Å². The lowest BCUT2D eigenvalue weighted by atomic mass is 10.8. The topological polar surface area (TPSA) is 35.0 Å². The minimum absolute atomic E-state index is 0.767. The highest BCUT2D eigenvalue weighted by Crippen LogP contribution is 2.18. The number of nitrogens with zero attached hydrogens (tertiary/aromatic N) is 2. The molecule has 0 amide bonds. The van der Waals surface area contributed by atoms with Crippen LogP contribution in [0.3, 0.4) is 0 Å². The fraction of sp³-hybridized carbons (Fsp3) is 0.667. The summed E-state index contributed by atoms with van der Waals surface area (Å²) in [5, 5.41) is 0. The van der Waals surface area contributed by atoms with E-state index in [-0.39, 0.29) is 0 Å². The lowest BCUT2D eigenvalue weighted by molar-refractivity contribution is 0.218. The fourth-order valence-electron chi connectivity index (χ4n) is 0.549. The third-order valence-electron chi connectivity index (χ3n) is 1.02. The maximum atomic E-state index is 4.91. The van der Waals surface area contributed by atoms with Crippen LogP contribution in [0.25, 0.3) is 0 Å². The summed E-state index contributed by atoms with van der Waals surface area (Å²) < 4.78 is 10.00. The van der Waals surface area contributed by atoms with Gasteiger partial charge in [0.15, 0.2) is 4.34 Å². The molecule has 5 heteroatoms. The maximum absolute atomic E-state index is 4.91. The molecule has 0 radical (unpaired) electrons. The predicted molar refractivity (Wildman–Crippen MR) is 47.2 cm³/mol. The highest BCUT2D eigenvalue weighted by atomic mass is 32.2. The summed E-state index contributed by atoms with van der Waals surface area (Å²) in [4.78, 5) is 4.20. The molecule has 0 saturated heterocycles. The second kappa shape index (κ2) is 4.69. The van der Waals surface area contributed by atoms with Crippen molar-refractivity contribution in [2.75, 3.05) is 19.5 Å². The Bertz CT molecular complexity index is 214. The van der Waals surface area contributed by atoms with Crippen LogP contribution in [0.2, 0.25) is 0 Å². The molecular weight excluding hydrogens is 180 g/mol. The molecular formula is C6H10N2OS2. The molecule has 0 atom stereocenters. The maximum Gasteiger partial charge on any atom is 0.170 e. The molecule has 0 N–H and O–H groups in total. The van der Waals surface area contributed by atoms with Gasteiger partial charge in [0, 0.05) is 12.9 Å². The van der Waals surface area contributed by atoms with Gasteiger partial charge in [0.1, 0.15) is 5.82 Å². The van der Waals surface area contributed by atoms with E-state index < -0.39 is 0 Å². The van der Waals surface area contributed by atoms with Crippen LogP contribution in [0.15, 0.2) is 4.34 Å². The van der Waals surface area contributed by atoms with Gasteiger partial charge in [0.2, 0.25) is 0 Å². The van der Waals surface area contributed by atoms with E-state index in [0.29, 0.717) is 0 Å². The zero-order valence-corrected chi connectivity index (χ0v) is 8.17. The van der Waals surface area contributed by atoms with Crippen molar-refractivity contribution in [3.63, 3.8) is 0 Å². The third-order valence-corrected chi connectivity index (χ3v) is 2.91. The van der Waals surface area contributed by atoms with Gasteiger partial charge in [-0.1, -0.05) is 11.8 Å². The van der Waals surface area contributed by atoms with Crippen LogP contribution in [0.4, 0.5) is 0 Å². The summed E-state index contributed by atoms with van der Waals surface area (Å²) in [6.07, 6.45) is 0. The van der Waals surface area contributed by atoms with Gasteiger partial charge >= 0.3 is 0 Å². The Morgan fingerprint density at radius 1 is 1.64 bits per heavy atom. The molecule has 3 nitrogen and oxygen atoms in total. The minimum atomic E-state index is 0.767. The summed E-state index contributed by atoms with van der Waals surface area (Å²) in [6, 6.07) is 0. The van der Waals surface area contributed by atoms with Gasteiger partial charge in [0.05, 0.1) is 6.61 Å². The number of thioether (sulfide) groups is 1. The van der Waals surface area contributed by atoms with Crippen LogP contribution in [0, 0.1) is 6.92 Å². The van der Waals surface area contributed by atoms with Crippen molar-refractivity contribution in [2.24, 2.45) is 0 Å². The molecule has 11 heavy (non-hydrogen) atoms. The highest BCUT2D eigenvalue weighted by molar-refractivity contribution is 8.00. The normalized spacial score (nSPS) is 10.4. The quantitative estimate of drug-likeness (QED) is 0.533. The standard InChI is InChI=1S/C6H10N2OS2/c1-5-7-6(11-8-5)10-4-3-9-2/h3-4H2,1-2H3. The first kappa shape index (κ1) is 8.96. The monoisotopic (exact) mass is 190 g/mol. The molecule has 1 heterocycles. The number of aryl methyl sites for hydroxylation is 1. The summed E-state index contributed by atoms with van der Waals surface area (Å²) in [7, 11) is 1.70. The third kappa shape index (κ3) is 3.18. The zero-order valence-electron chi connectivity index (χ0n) is 6.53. The van der Waals surface area contributed by atoms with E-state index in [4.69, 9.17) is 4.74 Å². The fourth-order valence-corrected chi connectivity index (χ4v) is 2.17. The molecule has 0 unspecified atom stereocenters. The first-order chi connectivity index (χ1) is 5.33. The molecule has 0 saturated carbocycles. The van der Waals surface area contributed by atoms with E-state index in [2.05, 4.69) is 9.36 Å². The molecule has 0 aliphatic rings. The Hall–Kier alpha value is -0.130. The number of ether oxygens (including phenoxy) is 1. The van der Waals surface area contributed by atoms with Gasteiger partial charge in [-0.05, 0) is 18.5 Å². The second-order valence-electron chi connectivity index (χ2n) is 1.95. The van der Waals surface area contributed by atoms with Crippen molar-refractivity contribution in [1.29, 1.82) is 0 Å². The van der Waals surface area contributed by atoms with Crippen molar-refractivity contribution in [2.45, 2.75) is 11.3 Å². The Kier molecular flexibility index (Phi) is 3.82. The average Bonchev–Trinajstić information content (AvgIpc) is 2.37. The number of hydrogen-bond donors (Lipinski definition) is 0. The van der Waals surface area contributed by atoms with Crippen molar-refractivity contribution < 1.29 is 4.74 Å². The van der Waals surface area contributed by atoms with Gasteiger partial charge in [0.25, 0.3) is 0 Å². The molecule has 1 aromatic heterocycles. The Morgan fingerprint density at radius 3 is 3.00 bits per heavy atom. The van der Waals surface area contributed by atoms with Gasteiger partial charge in [-0.15, -0.1) is 0 Å². The second-order valence-corrected chi connectivity index (χ2v) is 4.04. The van der Waals surface area contributed by atoms with Crippen molar-refractivity contribution in [3.05, 3.63) is 5.82 Å². The Balaban J connectivity index is 2.27. The predicted octanol–water partition coefficient (Wildman–Crippen LogP) is 1.59. The van der Waals surface area contributed by atoms with Gasteiger partial charge in [-0.25, -0.2) is 4.98 Å². The first-order valence-electron chi connectivity index (χ1n) is 3.25. The lowest BCUT2D eigenvalue weighted by Crippen LogP contribution is -1.90. The van der Waals surface area contributed by atoms with Crippen LogP contribution in [-0.2, 0) is 4.74 Å². The molecule has 1 rings (SSSR count). The highest BCUT2D eigenvalue weighted by Gasteiger charge is 1.98. The van der Waals surface area contributed by atoms with E-state index in [1.54, 1.807) is 18.9 Å². The molecule has 0 aromatic carbocycles. The summed E-state index contributed by atoms with van der Waals surface area (Å²) in [5.41, 5.74) is 0. The van der Waals surface area contributed by atoms with E-state index in [1.807, 2.05) is 6.92 Å². The first-order valence-corrected chi connectivity index (χ1v) is 5.01. The summed E-state index contributed by atoms with van der Waals surface area (Å²) in [6.45, 7) is 2.67. The van der Waals surface area contributed by atoms with Crippen LogP contribution in [-0.4, -0.2) is 28.8 Å². The van der Waals surface area contributed by atoms with Crippen LogP contribution in [0.5, 0.6) is 0 Å². The van der Waals surface area contributed by atoms with E-state index in [0.717, 1.165) is 22.5 Å². The summed E-state index contributed by atoms with van der Waals surface area (Å²) in [5.74, 6) is 1.81. The number of aromatic nitrogens is 2. The van der Waals surface area contributed by atoms with E-state index in [1.165, 1.54) is 11.5 Å². The number of rotatable bonds is 4. The van der Waals surface area contributed by atoms with Crippen molar-refractivity contribution in [3.8, 4) is 0 Å². The van der Waals surface area contributed by atoms with Gasteiger partial charge in [-0.2, -0.15) is 4.37 Å². The number of hydrogen-bond acceptors (Lipinski definition) is 5. The van der Waals surface area contributed by atoms with E-state index >= 15 is 0 Å². The zero-order chi connectivity index (χ0) is 8.10. The molecule has 0 aliphatic carbocycles. The summed E-state index contributed by atoms with van der Waals surface area (Å²) >= 11 is 3.13. The van der Waals surface area contributed by atoms with Crippen LogP contribution in [0.1, 0.15) is 5.82 Å². The molecule has 1 aromatic rings. The van der Waals surface area contributed by atoms with Gasteiger partial charge in [-0.3, -0.25) is 0 Å². The molecule has 0 aliphatic heterocycles. The van der Waals surface area contributed by atoms with Crippen LogP contribution >= 0.6 is 23.3 Å². The SMILES string of the molecule is COCCSc1nc(C)ns1. The minimum Gasteiger partial charge on any atom is -0.384 e. The van der Waals surface area contributed by atoms with Crippen molar-refractivity contribution in [1.82, 2.24) is 9.36 Å². The van der Waals surface area contributed by atoms with E-state index in [9.17, 15) is 0 Å². The largest absolute Gasteiger partial charge is 0.384 e. The van der Waals surface area contributed by atoms with Crippen molar-refractivity contribution >= 4 is 23.3 Å². The number of methoxy groups -OCH3 is 1. The van der Waals surface area contributed by atoms with Gasteiger partial charge < -0.3 is 4.74 Å². The van der Waals surface area contributed by atoms with Crippen LogP contribution < -0.4 is 0 Å². The molecule has 0 spiro atoms. The lowest BCUT2D eigenvalue weighted by Gasteiger charge is -1.93. The molecule has 0 fully saturated rings. The molecule has 0 bridgehead atoms. The Morgan fingerprint density at radius 2 is 2.45 bits per heavy atom. The molecule has 62 valence electrons. The smallest absolute Gasteiger partial charge is 0.170 e. The average molecular weight is 190 g/mol.